The van der Waals surface area contributed by atoms with Crippen LogP contribution in [0, 0.1) is 0 Å². The molecule has 0 spiro atoms. The summed E-state index contributed by atoms with van der Waals surface area (Å²) >= 11 is 7.46. The second-order valence-electron chi connectivity index (χ2n) is 6.12. The quantitative estimate of drug-likeness (QED) is 0.443. The van der Waals surface area contributed by atoms with E-state index in [4.69, 9.17) is 16.3 Å². The van der Waals surface area contributed by atoms with E-state index >= 15 is 0 Å². The highest BCUT2D eigenvalue weighted by atomic mass is 35.5. The fourth-order valence-corrected chi connectivity index (χ4v) is 4.03. The minimum Gasteiger partial charge on any atom is -0.495 e. The molecule has 0 saturated heterocycles. The Balaban J connectivity index is 1.64. The highest BCUT2D eigenvalue weighted by Crippen LogP contribution is 2.34. The van der Waals surface area contributed by atoms with Gasteiger partial charge in [0, 0.05) is 18.0 Å². The molecule has 7 heteroatoms. The molecule has 5 nitrogen and oxygen atoms in total. The monoisotopic (exact) mass is 421 g/mol. The second kappa shape index (κ2) is 8.43. The largest absolute Gasteiger partial charge is 0.495 e. The van der Waals surface area contributed by atoms with Crippen molar-refractivity contribution in [2.45, 2.75) is 0 Å². The SMILES string of the molecule is COc1ccc(-c2ccccc2)cc1NC(=O)c1sc(-c2cccnc2)nc1Cl. The van der Waals surface area contributed by atoms with Crippen LogP contribution in [-0.2, 0) is 0 Å². The molecule has 0 radical (unpaired) electrons. The Labute approximate surface area is 177 Å². The Bertz CT molecular complexity index is 1150. The maximum atomic E-state index is 12.9. The smallest absolute Gasteiger partial charge is 0.269 e. The minimum absolute atomic E-state index is 0.157. The van der Waals surface area contributed by atoms with Crippen molar-refractivity contribution in [1.29, 1.82) is 0 Å². The maximum Gasteiger partial charge on any atom is 0.269 e. The highest BCUT2D eigenvalue weighted by molar-refractivity contribution is 7.17. The van der Waals surface area contributed by atoms with E-state index in [2.05, 4.69) is 15.3 Å². The van der Waals surface area contributed by atoms with Crippen LogP contribution in [0.2, 0.25) is 5.15 Å². The zero-order valence-corrected chi connectivity index (χ0v) is 17.0. The first-order valence-corrected chi connectivity index (χ1v) is 9.96. The van der Waals surface area contributed by atoms with Crippen molar-refractivity contribution >= 4 is 34.5 Å². The number of carbonyl (C=O) groups excluding carboxylic acids is 1. The zero-order chi connectivity index (χ0) is 20.2. The molecule has 0 aliphatic rings. The van der Waals surface area contributed by atoms with E-state index in [1.54, 1.807) is 19.5 Å². The standard InChI is InChI=1S/C22H16ClN3O2S/c1-28-18-10-9-15(14-6-3-2-4-7-14)12-17(18)25-21(27)19-20(23)26-22(29-19)16-8-5-11-24-13-16/h2-13H,1H3,(H,25,27). The van der Waals surface area contributed by atoms with Crippen LogP contribution >= 0.6 is 22.9 Å². The van der Waals surface area contributed by atoms with E-state index in [9.17, 15) is 4.79 Å². The molecule has 1 N–H and O–H groups in total. The van der Waals surface area contributed by atoms with Crippen LogP contribution < -0.4 is 10.1 Å². The van der Waals surface area contributed by atoms with Gasteiger partial charge in [-0.3, -0.25) is 9.78 Å². The van der Waals surface area contributed by atoms with Crippen LogP contribution in [0.1, 0.15) is 9.67 Å². The van der Waals surface area contributed by atoms with Gasteiger partial charge in [-0.25, -0.2) is 4.98 Å². The van der Waals surface area contributed by atoms with Gasteiger partial charge in [0.05, 0.1) is 12.8 Å². The number of benzene rings is 2. The van der Waals surface area contributed by atoms with Gasteiger partial charge < -0.3 is 10.1 Å². The van der Waals surface area contributed by atoms with Gasteiger partial charge in [0.2, 0.25) is 0 Å². The normalized spacial score (nSPS) is 10.6. The molecular weight excluding hydrogens is 406 g/mol. The molecule has 2 heterocycles. The van der Waals surface area contributed by atoms with Gasteiger partial charge in [0.1, 0.15) is 15.6 Å². The van der Waals surface area contributed by atoms with Gasteiger partial charge in [-0.05, 0) is 35.4 Å². The van der Waals surface area contributed by atoms with Crippen molar-refractivity contribution in [2.75, 3.05) is 12.4 Å². The van der Waals surface area contributed by atoms with Crippen LogP contribution in [-0.4, -0.2) is 23.0 Å². The van der Waals surface area contributed by atoms with E-state index in [1.807, 2.05) is 60.7 Å². The third-order valence-electron chi connectivity index (χ3n) is 4.26. The zero-order valence-electron chi connectivity index (χ0n) is 15.4. The Morgan fingerprint density at radius 3 is 2.55 bits per heavy atom. The van der Waals surface area contributed by atoms with Gasteiger partial charge in [-0.15, -0.1) is 11.3 Å². The first-order valence-electron chi connectivity index (χ1n) is 8.77. The molecule has 2 aromatic carbocycles. The number of hydrogen-bond donors (Lipinski definition) is 1. The second-order valence-corrected chi connectivity index (χ2v) is 7.47. The summed E-state index contributed by atoms with van der Waals surface area (Å²) in [6, 6.07) is 19.2. The number of rotatable bonds is 5. The highest BCUT2D eigenvalue weighted by Gasteiger charge is 2.19. The summed E-state index contributed by atoms with van der Waals surface area (Å²) in [6.07, 6.45) is 3.36. The Hall–Kier alpha value is -3.22. The summed E-state index contributed by atoms with van der Waals surface area (Å²) in [6.45, 7) is 0. The van der Waals surface area contributed by atoms with Crippen LogP contribution in [0.15, 0.2) is 73.1 Å². The summed E-state index contributed by atoms with van der Waals surface area (Å²) in [4.78, 5) is 21.6. The molecule has 0 fully saturated rings. The van der Waals surface area contributed by atoms with Crippen LogP contribution in [0.3, 0.4) is 0 Å². The number of methoxy groups -OCH3 is 1. The van der Waals surface area contributed by atoms with Gasteiger partial charge in [-0.2, -0.15) is 0 Å². The van der Waals surface area contributed by atoms with E-state index in [1.165, 1.54) is 11.3 Å². The third kappa shape index (κ3) is 4.13. The molecule has 0 bridgehead atoms. The number of pyridine rings is 1. The summed E-state index contributed by atoms with van der Waals surface area (Å²) < 4.78 is 5.41. The van der Waals surface area contributed by atoms with Crippen molar-refractivity contribution in [3.05, 3.63) is 83.1 Å². The molecule has 144 valence electrons. The molecule has 0 unspecified atom stereocenters. The van der Waals surface area contributed by atoms with E-state index in [-0.39, 0.29) is 11.1 Å². The lowest BCUT2D eigenvalue weighted by molar-refractivity contribution is 0.103. The predicted octanol–water partition coefficient (Wildman–Crippen LogP) is 5.79. The van der Waals surface area contributed by atoms with Crippen molar-refractivity contribution in [3.8, 4) is 27.4 Å². The Morgan fingerprint density at radius 2 is 1.83 bits per heavy atom. The average molecular weight is 422 g/mol. The number of amides is 1. The lowest BCUT2D eigenvalue weighted by Crippen LogP contribution is -2.11. The van der Waals surface area contributed by atoms with Crippen LogP contribution in [0.5, 0.6) is 5.75 Å². The number of anilines is 1. The van der Waals surface area contributed by atoms with Gasteiger partial charge >= 0.3 is 0 Å². The molecule has 29 heavy (non-hydrogen) atoms. The fourth-order valence-electron chi connectivity index (χ4n) is 2.85. The first-order chi connectivity index (χ1) is 14.2. The molecule has 0 atom stereocenters. The van der Waals surface area contributed by atoms with E-state index in [0.29, 0.717) is 21.3 Å². The molecule has 1 amide bonds. The summed E-state index contributed by atoms with van der Waals surface area (Å²) in [7, 11) is 1.56. The lowest BCUT2D eigenvalue weighted by Gasteiger charge is -2.12. The number of thiazole rings is 1. The number of nitrogens with one attached hydrogen (secondary N) is 1. The molecule has 2 aromatic heterocycles. The van der Waals surface area contributed by atoms with E-state index < -0.39 is 0 Å². The van der Waals surface area contributed by atoms with Crippen molar-refractivity contribution in [3.63, 3.8) is 0 Å². The van der Waals surface area contributed by atoms with Crippen molar-refractivity contribution in [1.82, 2.24) is 9.97 Å². The number of hydrogen-bond acceptors (Lipinski definition) is 5. The van der Waals surface area contributed by atoms with Gasteiger partial charge in [0.25, 0.3) is 5.91 Å². The topological polar surface area (TPSA) is 64.1 Å². The number of aromatic nitrogens is 2. The van der Waals surface area contributed by atoms with E-state index in [0.717, 1.165) is 16.7 Å². The molecule has 0 aliphatic heterocycles. The van der Waals surface area contributed by atoms with Crippen LogP contribution in [0.25, 0.3) is 21.7 Å². The minimum atomic E-state index is -0.342. The number of nitrogens with zero attached hydrogens (tertiary/aromatic N) is 2. The lowest BCUT2D eigenvalue weighted by atomic mass is 10.0. The van der Waals surface area contributed by atoms with Gasteiger partial charge in [0.15, 0.2) is 5.15 Å². The summed E-state index contributed by atoms with van der Waals surface area (Å²) in [5.41, 5.74) is 3.38. The predicted molar refractivity (Wildman–Crippen MR) is 117 cm³/mol. The van der Waals surface area contributed by atoms with Crippen LogP contribution in [0.4, 0.5) is 5.69 Å². The molecule has 0 aliphatic carbocycles. The average Bonchev–Trinajstić information content (AvgIpc) is 3.17. The van der Waals surface area contributed by atoms with Gasteiger partial charge in [-0.1, -0.05) is 48.0 Å². The molecule has 4 aromatic rings. The summed E-state index contributed by atoms with van der Waals surface area (Å²) in [5, 5.41) is 3.69. The number of ether oxygens (including phenoxy) is 1. The fraction of sp³-hybridized carbons (Fsp3) is 0.0455. The third-order valence-corrected chi connectivity index (χ3v) is 5.74. The Morgan fingerprint density at radius 1 is 1.03 bits per heavy atom. The van der Waals surface area contributed by atoms with Crippen molar-refractivity contribution < 1.29 is 9.53 Å². The van der Waals surface area contributed by atoms with Crippen molar-refractivity contribution in [2.24, 2.45) is 0 Å². The number of halogens is 1. The summed E-state index contributed by atoms with van der Waals surface area (Å²) in [5.74, 6) is 0.220. The maximum absolute atomic E-state index is 12.9. The molecule has 0 saturated carbocycles. The number of carbonyl (C=O) groups is 1. The molecular formula is C22H16ClN3O2S. The first kappa shape index (κ1) is 19.1. The molecule has 4 rings (SSSR count). The Kier molecular flexibility index (Phi) is 5.55.